The quantitative estimate of drug-likeness (QED) is 0.579. The Kier molecular flexibility index (Phi) is 5.83. The molecule has 172 valence electrons. The van der Waals surface area contributed by atoms with Gasteiger partial charge in [-0.2, -0.15) is 0 Å². The predicted molar refractivity (Wildman–Crippen MR) is 135 cm³/mol. The Bertz CT molecular complexity index is 1300. The highest BCUT2D eigenvalue weighted by molar-refractivity contribution is 8.02. The monoisotopic (exact) mass is 491 g/mol. The lowest BCUT2D eigenvalue weighted by Crippen LogP contribution is -2.51. The molecule has 1 spiro atoms. The maximum absolute atomic E-state index is 13.9. The Morgan fingerprint density at radius 2 is 1.82 bits per heavy atom. The van der Waals surface area contributed by atoms with Gasteiger partial charge < -0.3 is 5.32 Å². The molecule has 8 heteroatoms. The molecule has 5 rings (SSSR count). The van der Waals surface area contributed by atoms with E-state index in [1.54, 1.807) is 24.3 Å². The summed E-state index contributed by atoms with van der Waals surface area (Å²) in [7, 11) is 0. The van der Waals surface area contributed by atoms with Crippen LogP contribution in [0.4, 0.5) is 11.4 Å². The van der Waals surface area contributed by atoms with Gasteiger partial charge in [0.05, 0.1) is 11.4 Å². The van der Waals surface area contributed by atoms with Crippen molar-refractivity contribution in [2.45, 2.75) is 18.3 Å². The summed E-state index contributed by atoms with van der Waals surface area (Å²) in [6.45, 7) is 2.24. The van der Waals surface area contributed by atoms with Crippen molar-refractivity contribution in [2.75, 3.05) is 22.1 Å². The molecule has 34 heavy (non-hydrogen) atoms. The highest BCUT2D eigenvalue weighted by atomic mass is 35.5. The molecule has 3 amide bonds. The van der Waals surface area contributed by atoms with Crippen LogP contribution in [0.25, 0.3) is 0 Å². The van der Waals surface area contributed by atoms with Crippen LogP contribution in [-0.2, 0) is 25.8 Å². The smallest absolute Gasteiger partial charge is 0.269 e. The summed E-state index contributed by atoms with van der Waals surface area (Å²) in [4.78, 5) is 41.6. The molecule has 0 aliphatic carbocycles. The zero-order chi connectivity index (χ0) is 23.9. The molecule has 1 fully saturated rings. The van der Waals surface area contributed by atoms with E-state index >= 15 is 0 Å². The lowest BCUT2D eigenvalue weighted by atomic mass is 10.0. The Labute approximate surface area is 206 Å². The number of benzene rings is 3. The highest BCUT2D eigenvalue weighted by Crippen LogP contribution is 2.55. The van der Waals surface area contributed by atoms with E-state index in [9.17, 15) is 14.4 Å². The number of thioether (sulfide) groups is 1. The molecule has 3 aromatic carbocycles. The van der Waals surface area contributed by atoms with Crippen molar-refractivity contribution in [3.63, 3.8) is 0 Å². The molecule has 3 aromatic rings. The second kappa shape index (κ2) is 8.81. The molecule has 2 aliphatic heterocycles. The van der Waals surface area contributed by atoms with Gasteiger partial charge in [0, 0.05) is 22.8 Å². The van der Waals surface area contributed by atoms with Crippen molar-refractivity contribution < 1.29 is 14.4 Å². The van der Waals surface area contributed by atoms with Crippen LogP contribution in [0.2, 0.25) is 5.02 Å². The van der Waals surface area contributed by atoms with E-state index in [-0.39, 0.29) is 30.0 Å². The molecule has 0 bridgehead atoms. The first kappa shape index (κ1) is 22.5. The summed E-state index contributed by atoms with van der Waals surface area (Å²) < 4.78 is 0. The van der Waals surface area contributed by atoms with Gasteiger partial charge in [0.1, 0.15) is 6.54 Å². The first-order chi connectivity index (χ1) is 16.4. The number of fused-ring (bicyclic) bond motifs is 2. The van der Waals surface area contributed by atoms with Crippen molar-refractivity contribution in [3.8, 4) is 0 Å². The van der Waals surface area contributed by atoms with Gasteiger partial charge in [-0.25, -0.2) is 0 Å². The van der Waals surface area contributed by atoms with Crippen molar-refractivity contribution in [1.29, 1.82) is 0 Å². The third-order valence-corrected chi connectivity index (χ3v) is 7.66. The van der Waals surface area contributed by atoms with Crippen molar-refractivity contribution in [2.24, 2.45) is 0 Å². The number of carbonyl (C=O) groups excluding carboxylic acids is 3. The molecule has 0 aromatic heterocycles. The third-order valence-electron chi connectivity index (χ3n) is 6.04. The molecule has 1 N–H and O–H groups in total. The number of nitrogens with zero attached hydrogens (tertiary/aromatic N) is 2. The van der Waals surface area contributed by atoms with Crippen LogP contribution in [0.3, 0.4) is 0 Å². The number of nitrogens with one attached hydrogen (secondary N) is 1. The SMILES string of the molecule is Cc1ccc(CNC(=O)CN2C(=O)[C@@]3(SCC(=O)N3c3cccc(Cl)c3)c3ccccc32)cc1. The normalized spacial score (nSPS) is 19.1. The Balaban J connectivity index is 1.45. The van der Waals surface area contributed by atoms with Gasteiger partial charge in [-0.1, -0.05) is 65.7 Å². The number of anilines is 2. The molecule has 6 nitrogen and oxygen atoms in total. The molecule has 2 heterocycles. The first-order valence-corrected chi connectivity index (χ1v) is 12.2. The second-order valence-corrected chi connectivity index (χ2v) is 9.92. The van der Waals surface area contributed by atoms with E-state index in [0.717, 1.165) is 11.1 Å². The van der Waals surface area contributed by atoms with E-state index in [1.165, 1.54) is 21.6 Å². The maximum atomic E-state index is 13.9. The average Bonchev–Trinajstić information content (AvgIpc) is 3.29. The summed E-state index contributed by atoms with van der Waals surface area (Å²) in [5, 5.41) is 3.37. The van der Waals surface area contributed by atoms with E-state index in [0.29, 0.717) is 28.5 Å². The molecule has 0 radical (unpaired) electrons. The van der Waals surface area contributed by atoms with Crippen molar-refractivity contribution in [3.05, 3.63) is 94.5 Å². The number of rotatable bonds is 5. The van der Waals surface area contributed by atoms with Gasteiger partial charge in [-0.15, -0.1) is 11.8 Å². The zero-order valence-corrected chi connectivity index (χ0v) is 20.0. The fourth-order valence-electron chi connectivity index (χ4n) is 4.43. The molecule has 0 saturated carbocycles. The number of halogens is 1. The Hall–Kier alpha value is -3.29. The van der Waals surface area contributed by atoms with E-state index in [4.69, 9.17) is 11.6 Å². The van der Waals surface area contributed by atoms with Crippen LogP contribution < -0.4 is 15.1 Å². The van der Waals surface area contributed by atoms with Gasteiger partial charge in [0.25, 0.3) is 5.91 Å². The Morgan fingerprint density at radius 3 is 2.59 bits per heavy atom. The second-order valence-electron chi connectivity index (χ2n) is 8.31. The van der Waals surface area contributed by atoms with Crippen LogP contribution >= 0.6 is 23.4 Å². The minimum atomic E-state index is -1.27. The molecule has 1 atom stereocenters. The van der Waals surface area contributed by atoms with Crippen LogP contribution in [0.1, 0.15) is 16.7 Å². The minimum absolute atomic E-state index is 0.137. The molecule has 1 saturated heterocycles. The van der Waals surface area contributed by atoms with E-state index in [1.807, 2.05) is 55.5 Å². The zero-order valence-electron chi connectivity index (χ0n) is 18.5. The average molecular weight is 492 g/mol. The summed E-state index contributed by atoms with van der Waals surface area (Å²) in [6, 6.07) is 22.2. The summed E-state index contributed by atoms with van der Waals surface area (Å²) in [5.41, 5.74) is 4.01. The van der Waals surface area contributed by atoms with Crippen molar-refractivity contribution >= 4 is 52.5 Å². The standard InChI is InChI=1S/C26H22ClN3O3S/c1-17-9-11-18(12-10-17)14-28-23(31)15-29-22-8-3-2-7-21(22)26(25(29)33)30(24(32)16-34-26)20-6-4-5-19(27)13-20/h2-13H,14-16H2,1H3,(H,28,31)/t26-/m0/s1. The lowest BCUT2D eigenvalue weighted by Gasteiger charge is -2.33. The summed E-state index contributed by atoms with van der Waals surface area (Å²) >= 11 is 7.47. The topological polar surface area (TPSA) is 69.7 Å². The number of hydrogen-bond acceptors (Lipinski definition) is 4. The first-order valence-electron chi connectivity index (χ1n) is 10.9. The largest absolute Gasteiger partial charge is 0.350 e. The van der Waals surface area contributed by atoms with Gasteiger partial charge in [-0.3, -0.25) is 24.2 Å². The molecule has 2 aliphatic rings. The van der Waals surface area contributed by atoms with Gasteiger partial charge in [-0.05, 0) is 36.8 Å². The minimum Gasteiger partial charge on any atom is -0.350 e. The Morgan fingerprint density at radius 1 is 1.06 bits per heavy atom. The van der Waals surface area contributed by atoms with Crippen LogP contribution in [0, 0.1) is 6.92 Å². The fourth-order valence-corrected chi connectivity index (χ4v) is 5.98. The van der Waals surface area contributed by atoms with Gasteiger partial charge in [0.15, 0.2) is 0 Å². The van der Waals surface area contributed by atoms with Crippen LogP contribution in [0.5, 0.6) is 0 Å². The van der Waals surface area contributed by atoms with Crippen LogP contribution in [0.15, 0.2) is 72.8 Å². The molecular weight excluding hydrogens is 470 g/mol. The number of amides is 3. The molecule has 0 unspecified atom stereocenters. The molecular formula is C26H22ClN3O3S. The fraction of sp³-hybridized carbons (Fsp3) is 0.192. The van der Waals surface area contributed by atoms with E-state index < -0.39 is 4.87 Å². The summed E-state index contributed by atoms with van der Waals surface area (Å²) in [6.07, 6.45) is 0. The summed E-state index contributed by atoms with van der Waals surface area (Å²) in [5.74, 6) is -0.611. The van der Waals surface area contributed by atoms with Gasteiger partial charge in [0.2, 0.25) is 16.7 Å². The number of para-hydroxylation sites is 1. The predicted octanol–water partition coefficient (Wildman–Crippen LogP) is 4.24. The number of carbonyl (C=O) groups is 3. The van der Waals surface area contributed by atoms with Gasteiger partial charge >= 0.3 is 0 Å². The van der Waals surface area contributed by atoms with Crippen LogP contribution in [-0.4, -0.2) is 30.0 Å². The lowest BCUT2D eigenvalue weighted by molar-refractivity contribution is -0.125. The maximum Gasteiger partial charge on any atom is 0.269 e. The third kappa shape index (κ3) is 3.75. The van der Waals surface area contributed by atoms with Crippen molar-refractivity contribution in [1.82, 2.24) is 5.32 Å². The highest BCUT2D eigenvalue weighted by Gasteiger charge is 2.61. The van der Waals surface area contributed by atoms with E-state index in [2.05, 4.69) is 5.32 Å². The number of hydrogen-bond donors (Lipinski definition) is 1. The number of aryl methyl sites for hydroxylation is 1.